The summed E-state index contributed by atoms with van der Waals surface area (Å²) in [6, 6.07) is 7.89. The largest absolute Gasteiger partial charge is 0.492 e. The second-order valence-corrected chi connectivity index (χ2v) is 9.70. The molecule has 1 aliphatic rings. The number of thiazole rings is 1. The fourth-order valence-electron chi connectivity index (χ4n) is 4.28. The molecule has 0 unspecified atom stereocenters. The minimum Gasteiger partial charge on any atom is -0.492 e. The zero-order chi connectivity index (χ0) is 19.3. The molecule has 5 heterocycles. The van der Waals surface area contributed by atoms with Gasteiger partial charge in [0, 0.05) is 18.0 Å². The maximum Gasteiger partial charge on any atom is 0.230 e. The van der Waals surface area contributed by atoms with Gasteiger partial charge >= 0.3 is 0 Å². The number of aromatic hydroxyl groups is 1. The fourth-order valence-corrected chi connectivity index (χ4v) is 6.33. The van der Waals surface area contributed by atoms with E-state index in [9.17, 15) is 5.11 Å². The van der Waals surface area contributed by atoms with Crippen molar-refractivity contribution in [1.82, 2.24) is 19.5 Å². The van der Waals surface area contributed by atoms with Gasteiger partial charge in [0.2, 0.25) is 16.7 Å². The summed E-state index contributed by atoms with van der Waals surface area (Å²) < 4.78 is 6.93. The topological polar surface area (TPSA) is 66.8 Å². The number of hydrogen-bond donors (Lipinski definition) is 1. The molecule has 0 saturated carbocycles. The number of fused-ring (bicyclic) bond motifs is 1. The summed E-state index contributed by atoms with van der Waals surface area (Å²) in [6.07, 6.45) is 2.85. The van der Waals surface area contributed by atoms with Gasteiger partial charge in [-0.15, -0.1) is 16.4 Å². The minimum atomic E-state index is 0.0331. The van der Waals surface area contributed by atoms with E-state index in [1.165, 1.54) is 27.2 Å². The van der Waals surface area contributed by atoms with Crippen molar-refractivity contribution < 1.29 is 9.52 Å². The first-order valence-electron chi connectivity index (χ1n) is 9.50. The van der Waals surface area contributed by atoms with Crippen LogP contribution in [0.4, 0.5) is 0 Å². The van der Waals surface area contributed by atoms with E-state index < -0.39 is 0 Å². The normalized spacial score (nSPS) is 22.1. The Morgan fingerprint density at radius 2 is 2.04 bits per heavy atom. The highest BCUT2D eigenvalue weighted by Gasteiger charge is 2.34. The van der Waals surface area contributed by atoms with Crippen molar-refractivity contribution in [3.63, 3.8) is 0 Å². The van der Waals surface area contributed by atoms with E-state index in [-0.39, 0.29) is 11.9 Å². The molecule has 1 aliphatic heterocycles. The van der Waals surface area contributed by atoms with Gasteiger partial charge in [-0.1, -0.05) is 31.3 Å². The van der Waals surface area contributed by atoms with Crippen LogP contribution in [0.3, 0.4) is 0 Å². The van der Waals surface area contributed by atoms with Gasteiger partial charge in [0.1, 0.15) is 0 Å². The summed E-state index contributed by atoms with van der Waals surface area (Å²) in [5.74, 6) is 2.55. The number of piperidine rings is 1. The molecule has 28 heavy (non-hydrogen) atoms. The molecular weight excluding hydrogens is 392 g/mol. The maximum absolute atomic E-state index is 11.1. The number of aromatic nitrogens is 3. The van der Waals surface area contributed by atoms with E-state index in [0.717, 1.165) is 18.0 Å². The highest BCUT2D eigenvalue weighted by molar-refractivity contribution is 7.17. The maximum atomic E-state index is 11.1. The van der Waals surface area contributed by atoms with E-state index in [2.05, 4.69) is 46.3 Å². The lowest BCUT2D eigenvalue weighted by Crippen LogP contribution is -2.41. The quantitative estimate of drug-likeness (QED) is 0.515. The molecule has 0 aromatic carbocycles. The van der Waals surface area contributed by atoms with Gasteiger partial charge in [-0.3, -0.25) is 4.90 Å². The molecule has 4 aromatic rings. The molecule has 4 aromatic heterocycles. The number of furan rings is 1. The first-order chi connectivity index (χ1) is 13.6. The molecule has 8 heteroatoms. The minimum absolute atomic E-state index is 0.0331. The van der Waals surface area contributed by atoms with Crippen LogP contribution in [0.1, 0.15) is 36.1 Å². The van der Waals surface area contributed by atoms with E-state index in [4.69, 9.17) is 4.42 Å². The Labute approximate surface area is 171 Å². The third kappa shape index (κ3) is 3.05. The Morgan fingerprint density at radius 1 is 1.21 bits per heavy atom. The highest BCUT2D eigenvalue weighted by Crippen LogP contribution is 2.43. The van der Waals surface area contributed by atoms with Gasteiger partial charge in [-0.25, -0.2) is 0 Å². The van der Waals surface area contributed by atoms with Crippen LogP contribution >= 0.6 is 22.7 Å². The van der Waals surface area contributed by atoms with Crippen LogP contribution in [0, 0.1) is 11.8 Å². The van der Waals surface area contributed by atoms with Gasteiger partial charge in [-0.2, -0.15) is 9.50 Å². The summed E-state index contributed by atoms with van der Waals surface area (Å²) in [4.78, 5) is 9.91. The van der Waals surface area contributed by atoms with Crippen molar-refractivity contribution in [2.75, 3.05) is 13.1 Å². The number of rotatable bonds is 4. The number of likely N-dealkylation sites (tertiary alicyclic amines) is 1. The first-order valence-corrected chi connectivity index (χ1v) is 11.2. The molecule has 0 bridgehead atoms. The molecule has 6 nitrogen and oxygen atoms in total. The van der Waals surface area contributed by atoms with Crippen LogP contribution in [0.15, 0.2) is 40.3 Å². The lowest BCUT2D eigenvalue weighted by atomic mass is 9.90. The van der Waals surface area contributed by atoms with Gasteiger partial charge in [0.05, 0.1) is 17.2 Å². The standard InChI is InChI=1S/C20H22N4O2S2/c1-12-9-13(2)11-23(10-12)16(15-6-4-8-27-15)17-19(25)24-20(28-17)21-18(22-24)14-5-3-7-26-14/h3-8,12-13,16,25H,9-11H2,1-2H3/t12-,13-,16-/m0/s1. The molecule has 5 rings (SSSR count). The summed E-state index contributed by atoms with van der Waals surface area (Å²) in [5.41, 5.74) is 0. The van der Waals surface area contributed by atoms with E-state index >= 15 is 0 Å². The van der Waals surface area contributed by atoms with Gasteiger partial charge in [0.25, 0.3) is 0 Å². The van der Waals surface area contributed by atoms with Gasteiger partial charge in [-0.05, 0) is 41.8 Å². The summed E-state index contributed by atoms with van der Waals surface area (Å²) in [5, 5.41) is 17.6. The molecule has 1 fully saturated rings. The summed E-state index contributed by atoms with van der Waals surface area (Å²) in [7, 11) is 0. The van der Waals surface area contributed by atoms with Gasteiger partial charge in [0.15, 0.2) is 5.76 Å². The number of hydrogen-bond acceptors (Lipinski definition) is 7. The van der Waals surface area contributed by atoms with Crippen molar-refractivity contribution in [1.29, 1.82) is 0 Å². The third-order valence-corrected chi connectivity index (χ3v) is 7.26. The van der Waals surface area contributed by atoms with Crippen LogP contribution in [0.2, 0.25) is 0 Å². The molecule has 146 valence electrons. The number of thiophene rings is 1. The van der Waals surface area contributed by atoms with Crippen molar-refractivity contribution in [3.8, 4) is 17.5 Å². The van der Waals surface area contributed by atoms with E-state index in [0.29, 0.717) is 28.4 Å². The summed E-state index contributed by atoms with van der Waals surface area (Å²) in [6.45, 7) is 6.67. The van der Waals surface area contributed by atoms with Crippen molar-refractivity contribution in [2.24, 2.45) is 11.8 Å². The van der Waals surface area contributed by atoms with Crippen molar-refractivity contribution in [3.05, 3.63) is 45.7 Å². The Hall–Kier alpha value is -2.16. The molecule has 1 N–H and O–H groups in total. The monoisotopic (exact) mass is 414 g/mol. The van der Waals surface area contributed by atoms with Crippen molar-refractivity contribution in [2.45, 2.75) is 26.3 Å². The molecule has 0 radical (unpaired) electrons. The molecule has 1 saturated heterocycles. The second kappa shape index (κ2) is 7.02. The van der Waals surface area contributed by atoms with Crippen molar-refractivity contribution >= 4 is 27.6 Å². The molecule has 0 aliphatic carbocycles. The fraction of sp³-hybridized carbons (Fsp3) is 0.400. The van der Waals surface area contributed by atoms with Crippen LogP contribution in [0.5, 0.6) is 5.88 Å². The Bertz CT molecular complexity index is 1060. The Morgan fingerprint density at radius 3 is 2.68 bits per heavy atom. The summed E-state index contributed by atoms with van der Waals surface area (Å²) >= 11 is 3.24. The smallest absolute Gasteiger partial charge is 0.230 e. The zero-order valence-corrected chi connectivity index (χ0v) is 17.4. The van der Waals surface area contributed by atoms with E-state index in [1.807, 2.05) is 6.07 Å². The Kier molecular flexibility index (Phi) is 4.49. The predicted molar refractivity (Wildman–Crippen MR) is 111 cm³/mol. The highest BCUT2D eigenvalue weighted by atomic mass is 32.1. The van der Waals surface area contributed by atoms with Crippen LogP contribution in [-0.4, -0.2) is 37.7 Å². The lowest BCUT2D eigenvalue weighted by molar-refractivity contribution is 0.113. The van der Waals surface area contributed by atoms with Gasteiger partial charge < -0.3 is 9.52 Å². The molecule has 3 atom stereocenters. The zero-order valence-electron chi connectivity index (χ0n) is 15.8. The molecular formula is C20H22N4O2S2. The van der Waals surface area contributed by atoms with Crippen LogP contribution in [0.25, 0.3) is 16.5 Å². The second-order valence-electron chi connectivity index (χ2n) is 7.71. The first kappa shape index (κ1) is 17.9. The number of nitrogens with zero attached hydrogens (tertiary/aromatic N) is 4. The van der Waals surface area contributed by atoms with Crippen LogP contribution < -0.4 is 0 Å². The Balaban J connectivity index is 1.58. The predicted octanol–water partition coefficient (Wildman–Crippen LogP) is 4.89. The average molecular weight is 415 g/mol. The van der Waals surface area contributed by atoms with Crippen LogP contribution in [-0.2, 0) is 0 Å². The lowest BCUT2D eigenvalue weighted by Gasteiger charge is -2.39. The SMILES string of the molecule is C[C@H]1C[C@H](C)CN([C@@H](c2cccs2)c2sc3nc(-c4ccco4)nn3c2O)C1. The molecule has 0 spiro atoms. The molecule has 0 amide bonds. The third-order valence-electron chi connectivity index (χ3n) is 5.26. The van der Waals surface area contributed by atoms with E-state index in [1.54, 1.807) is 23.7 Å². The average Bonchev–Trinajstić information content (AvgIpc) is 3.41.